The van der Waals surface area contributed by atoms with Gasteiger partial charge in [0, 0.05) is 18.2 Å². The van der Waals surface area contributed by atoms with Gasteiger partial charge in [-0.15, -0.1) is 5.10 Å². The molecule has 0 saturated carbocycles. The van der Waals surface area contributed by atoms with Gasteiger partial charge < -0.3 is 9.84 Å². The molecule has 0 unspecified atom stereocenters. The van der Waals surface area contributed by atoms with E-state index in [1.54, 1.807) is 11.0 Å². The molecule has 7 heteroatoms. The molecule has 1 aromatic carbocycles. The lowest BCUT2D eigenvalue weighted by Gasteiger charge is -2.00. The van der Waals surface area contributed by atoms with Crippen molar-refractivity contribution in [3.8, 4) is 17.0 Å². The van der Waals surface area contributed by atoms with E-state index in [1.807, 2.05) is 30.3 Å². The van der Waals surface area contributed by atoms with E-state index in [9.17, 15) is 0 Å². The quantitative estimate of drug-likeness (QED) is 0.755. The molecule has 0 fully saturated rings. The van der Waals surface area contributed by atoms with Crippen molar-refractivity contribution in [2.75, 3.05) is 6.54 Å². The Morgan fingerprint density at radius 2 is 2.25 bits per heavy atom. The van der Waals surface area contributed by atoms with Crippen LogP contribution in [0.2, 0.25) is 0 Å². The number of benzene rings is 1. The van der Waals surface area contributed by atoms with Crippen molar-refractivity contribution in [2.24, 2.45) is 0 Å². The van der Waals surface area contributed by atoms with Crippen molar-refractivity contribution in [1.29, 1.82) is 0 Å². The lowest BCUT2D eigenvalue weighted by Crippen LogP contribution is -2.11. The number of hydrogen-bond acceptors (Lipinski definition) is 6. The second kappa shape index (κ2) is 5.62. The summed E-state index contributed by atoms with van der Waals surface area (Å²) in [6, 6.07) is 9.70. The van der Waals surface area contributed by atoms with Crippen LogP contribution in [0.5, 0.6) is 0 Å². The molecular formula is C13H14N6O. The fraction of sp³-hybridized carbons (Fsp3) is 0.231. The van der Waals surface area contributed by atoms with Gasteiger partial charge in [-0.25, -0.2) is 4.68 Å². The number of aromatic nitrogens is 5. The maximum Gasteiger partial charge on any atom is 0.167 e. The first-order valence-corrected chi connectivity index (χ1v) is 6.37. The number of hydrogen-bond donors (Lipinski definition) is 1. The van der Waals surface area contributed by atoms with Crippen molar-refractivity contribution in [3.05, 3.63) is 42.4 Å². The Morgan fingerprint density at radius 1 is 1.30 bits per heavy atom. The summed E-state index contributed by atoms with van der Waals surface area (Å²) in [6.07, 6.45) is 1.55. The summed E-state index contributed by atoms with van der Waals surface area (Å²) in [4.78, 5) is 0. The molecule has 3 rings (SSSR count). The Kier molecular flexibility index (Phi) is 3.51. The zero-order chi connectivity index (χ0) is 13.8. The first kappa shape index (κ1) is 12.5. The minimum absolute atomic E-state index is 0.701. The largest absolute Gasteiger partial charge is 0.356 e. The molecule has 0 aliphatic carbocycles. The zero-order valence-corrected chi connectivity index (χ0v) is 11.0. The van der Waals surface area contributed by atoms with Crippen LogP contribution in [0.3, 0.4) is 0 Å². The molecule has 0 bridgehead atoms. The highest BCUT2D eigenvalue weighted by atomic mass is 16.5. The van der Waals surface area contributed by atoms with Crippen LogP contribution in [-0.2, 0) is 6.54 Å². The van der Waals surface area contributed by atoms with Crippen LogP contribution in [0, 0.1) is 0 Å². The average Bonchev–Trinajstić information content (AvgIpc) is 3.17. The monoisotopic (exact) mass is 270 g/mol. The Bertz CT molecular complexity index is 676. The summed E-state index contributed by atoms with van der Waals surface area (Å²) < 4.78 is 6.97. The third kappa shape index (κ3) is 2.57. The first-order chi connectivity index (χ1) is 9.86. The second-order valence-corrected chi connectivity index (χ2v) is 4.27. The van der Waals surface area contributed by atoms with Crippen LogP contribution in [0.15, 0.2) is 41.2 Å². The second-order valence-electron chi connectivity index (χ2n) is 4.27. The van der Waals surface area contributed by atoms with E-state index in [-0.39, 0.29) is 0 Å². The molecule has 0 aliphatic rings. The highest BCUT2D eigenvalue weighted by Crippen LogP contribution is 2.22. The fourth-order valence-electron chi connectivity index (χ4n) is 1.87. The highest BCUT2D eigenvalue weighted by molar-refractivity contribution is 5.60. The van der Waals surface area contributed by atoms with Gasteiger partial charge >= 0.3 is 0 Å². The van der Waals surface area contributed by atoms with E-state index in [1.165, 1.54) is 0 Å². The van der Waals surface area contributed by atoms with E-state index >= 15 is 0 Å². The van der Waals surface area contributed by atoms with Crippen LogP contribution >= 0.6 is 0 Å². The maximum atomic E-state index is 5.37. The Hall–Kier alpha value is -2.54. The van der Waals surface area contributed by atoms with E-state index in [0.29, 0.717) is 6.54 Å². The molecule has 102 valence electrons. The fourth-order valence-corrected chi connectivity index (χ4v) is 1.87. The molecule has 2 heterocycles. The molecule has 20 heavy (non-hydrogen) atoms. The minimum atomic E-state index is 0.701. The zero-order valence-electron chi connectivity index (χ0n) is 11.0. The maximum absolute atomic E-state index is 5.37. The van der Waals surface area contributed by atoms with Crippen molar-refractivity contribution in [3.63, 3.8) is 0 Å². The number of nitrogens with one attached hydrogen (secondary N) is 1. The van der Waals surface area contributed by atoms with E-state index in [2.05, 4.69) is 32.9 Å². The van der Waals surface area contributed by atoms with Gasteiger partial charge in [-0.2, -0.15) is 0 Å². The van der Waals surface area contributed by atoms with Gasteiger partial charge in [0.05, 0.1) is 11.4 Å². The van der Waals surface area contributed by atoms with Gasteiger partial charge in [0.1, 0.15) is 6.33 Å². The summed E-state index contributed by atoms with van der Waals surface area (Å²) in [6.45, 7) is 3.65. The van der Waals surface area contributed by atoms with Crippen LogP contribution in [0.4, 0.5) is 0 Å². The molecule has 7 nitrogen and oxygen atoms in total. The van der Waals surface area contributed by atoms with Crippen molar-refractivity contribution >= 4 is 0 Å². The predicted octanol–water partition coefficient (Wildman–Crippen LogP) is 1.43. The Labute approximate surface area is 115 Å². The summed E-state index contributed by atoms with van der Waals surface area (Å²) in [5.74, 6) is 0.729. The summed E-state index contributed by atoms with van der Waals surface area (Å²) in [5.41, 5.74) is 2.69. The molecule has 2 aromatic heterocycles. The van der Waals surface area contributed by atoms with Crippen LogP contribution in [0.25, 0.3) is 17.0 Å². The number of nitrogens with zero attached hydrogens (tertiary/aromatic N) is 5. The van der Waals surface area contributed by atoms with Crippen molar-refractivity contribution < 1.29 is 4.52 Å². The molecule has 3 aromatic rings. The minimum Gasteiger partial charge on any atom is -0.356 e. The smallest absolute Gasteiger partial charge is 0.167 e. The topological polar surface area (TPSA) is 81.7 Å². The van der Waals surface area contributed by atoms with Gasteiger partial charge in [0.15, 0.2) is 5.76 Å². The Balaban J connectivity index is 1.87. The molecule has 0 amide bonds. The predicted molar refractivity (Wildman–Crippen MR) is 72.0 cm³/mol. The van der Waals surface area contributed by atoms with Crippen molar-refractivity contribution in [2.45, 2.75) is 13.5 Å². The number of rotatable bonds is 5. The third-order valence-corrected chi connectivity index (χ3v) is 2.86. The Morgan fingerprint density at radius 3 is 3.05 bits per heavy atom. The lowest BCUT2D eigenvalue weighted by molar-refractivity contribution is 0.420. The standard InChI is InChI=1S/C13H14N6O/c1-2-14-8-11-7-13(20-16-11)10-4-3-5-12(6-10)19-9-15-17-18-19/h3-7,9,14H,2,8H2,1H3. The highest BCUT2D eigenvalue weighted by Gasteiger charge is 2.08. The average molecular weight is 270 g/mol. The SMILES string of the molecule is CCNCc1cc(-c2cccc(-n3cnnn3)c2)on1. The third-order valence-electron chi connectivity index (χ3n) is 2.86. The van der Waals surface area contributed by atoms with Gasteiger partial charge in [-0.1, -0.05) is 24.2 Å². The van der Waals surface area contributed by atoms with Crippen LogP contribution in [-0.4, -0.2) is 31.9 Å². The van der Waals surface area contributed by atoms with Crippen molar-refractivity contribution in [1.82, 2.24) is 30.7 Å². The van der Waals surface area contributed by atoms with Crippen LogP contribution in [0.1, 0.15) is 12.6 Å². The first-order valence-electron chi connectivity index (χ1n) is 6.37. The molecular weight excluding hydrogens is 256 g/mol. The van der Waals surface area contributed by atoms with E-state index in [0.717, 1.165) is 29.2 Å². The molecule has 0 saturated heterocycles. The lowest BCUT2D eigenvalue weighted by atomic mass is 10.1. The van der Waals surface area contributed by atoms with Gasteiger partial charge in [0.2, 0.25) is 0 Å². The van der Waals surface area contributed by atoms with Gasteiger partial charge in [0.25, 0.3) is 0 Å². The number of tetrazole rings is 1. The van der Waals surface area contributed by atoms with Gasteiger partial charge in [-0.3, -0.25) is 0 Å². The molecule has 0 radical (unpaired) electrons. The normalized spacial score (nSPS) is 10.8. The van der Waals surface area contributed by atoms with E-state index in [4.69, 9.17) is 4.52 Å². The summed E-state index contributed by atoms with van der Waals surface area (Å²) >= 11 is 0. The van der Waals surface area contributed by atoms with Gasteiger partial charge in [-0.05, 0) is 29.1 Å². The molecule has 1 N–H and O–H groups in total. The van der Waals surface area contributed by atoms with E-state index < -0.39 is 0 Å². The molecule has 0 spiro atoms. The van der Waals surface area contributed by atoms with Crippen LogP contribution < -0.4 is 5.32 Å². The summed E-state index contributed by atoms with van der Waals surface area (Å²) in [5, 5.41) is 18.4. The summed E-state index contributed by atoms with van der Waals surface area (Å²) in [7, 11) is 0. The molecule has 0 aliphatic heterocycles. The molecule has 0 atom stereocenters.